The van der Waals surface area contributed by atoms with Crippen molar-refractivity contribution in [1.82, 2.24) is 0 Å². The summed E-state index contributed by atoms with van der Waals surface area (Å²) in [4.78, 5) is 12.3. The van der Waals surface area contributed by atoms with Gasteiger partial charge in [-0.05, 0) is 57.9 Å². The van der Waals surface area contributed by atoms with Gasteiger partial charge in [-0.1, -0.05) is 5.57 Å². The molecule has 3 nitrogen and oxygen atoms in total. The monoisotopic (exact) mass is 423 g/mol. The van der Waals surface area contributed by atoms with Gasteiger partial charge in [-0.25, -0.2) is 0 Å². The maximum atomic E-state index is 13.1. The number of anilines is 1. The van der Waals surface area contributed by atoms with E-state index < -0.39 is 35.0 Å². The summed E-state index contributed by atoms with van der Waals surface area (Å²) in [6.07, 6.45) is -6.89. The van der Waals surface area contributed by atoms with E-state index in [1.54, 1.807) is 24.8 Å². The lowest BCUT2D eigenvalue weighted by Crippen LogP contribution is -2.14. The maximum Gasteiger partial charge on any atom is 0.416 e. The van der Waals surface area contributed by atoms with Gasteiger partial charge >= 0.3 is 18.3 Å². The highest BCUT2D eigenvalue weighted by atomic mass is 19.4. The molecule has 1 atom stereocenters. The summed E-state index contributed by atoms with van der Waals surface area (Å²) in [5.41, 5.74) is -2.37. The van der Waals surface area contributed by atoms with E-state index in [4.69, 9.17) is 4.74 Å². The van der Waals surface area contributed by atoms with E-state index in [0.29, 0.717) is 12.8 Å². The minimum absolute atomic E-state index is 0.0938. The zero-order valence-electron chi connectivity index (χ0n) is 16.5. The van der Waals surface area contributed by atoms with Crippen molar-refractivity contribution in [2.45, 2.75) is 64.5 Å². The molecule has 0 spiro atoms. The Morgan fingerprint density at radius 2 is 1.59 bits per heavy atom. The van der Waals surface area contributed by atoms with Crippen molar-refractivity contribution in [3.05, 3.63) is 41.0 Å². The smallest absolute Gasteiger partial charge is 0.416 e. The van der Waals surface area contributed by atoms with Gasteiger partial charge in [-0.3, -0.25) is 4.79 Å². The van der Waals surface area contributed by atoms with E-state index in [2.05, 4.69) is 0 Å². The van der Waals surface area contributed by atoms with Crippen molar-refractivity contribution in [2.24, 2.45) is 0 Å². The predicted molar refractivity (Wildman–Crippen MR) is 96.4 cm³/mol. The average Bonchev–Trinajstić information content (AvgIpc) is 3.11. The number of allylic oxidation sites excluding steroid dienone is 1. The molecule has 162 valence electrons. The topological polar surface area (TPSA) is 29.3 Å². The van der Waals surface area contributed by atoms with Crippen LogP contribution in [0.4, 0.5) is 32.0 Å². The highest BCUT2D eigenvalue weighted by molar-refractivity contribution is 5.66. The molecule has 29 heavy (non-hydrogen) atoms. The number of rotatable bonds is 6. The predicted octanol–water partition coefficient (Wildman–Crippen LogP) is 5.98. The van der Waals surface area contributed by atoms with Gasteiger partial charge in [0.15, 0.2) is 0 Å². The third kappa shape index (κ3) is 5.67. The van der Waals surface area contributed by atoms with Crippen LogP contribution in [0.25, 0.3) is 0 Å². The number of alkyl halides is 6. The van der Waals surface area contributed by atoms with Crippen LogP contribution in [0.3, 0.4) is 0 Å². The summed E-state index contributed by atoms with van der Waals surface area (Å²) >= 11 is 0. The highest BCUT2D eigenvalue weighted by Gasteiger charge is 2.55. The molecule has 0 N–H and O–H groups in total. The Kier molecular flexibility index (Phi) is 6.30. The Morgan fingerprint density at radius 3 is 2.03 bits per heavy atom. The van der Waals surface area contributed by atoms with Crippen LogP contribution in [0.15, 0.2) is 29.8 Å². The van der Waals surface area contributed by atoms with Crippen molar-refractivity contribution >= 4 is 11.7 Å². The molecule has 2 rings (SSSR count). The minimum Gasteiger partial charge on any atom is -0.462 e. The molecule has 0 radical (unpaired) electrons. The van der Waals surface area contributed by atoms with Crippen LogP contribution in [0.5, 0.6) is 0 Å². The summed E-state index contributed by atoms with van der Waals surface area (Å²) in [6, 6.07) is 1.46. The summed E-state index contributed by atoms with van der Waals surface area (Å²) < 4.78 is 83.5. The molecule has 1 aromatic carbocycles. The third-order valence-corrected chi connectivity index (χ3v) is 5.06. The third-order valence-electron chi connectivity index (χ3n) is 5.06. The molecular formula is C20H23F6NO2. The minimum atomic E-state index is -4.87. The Morgan fingerprint density at radius 1 is 1.07 bits per heavy atom. The molecule has 1 unspecified atom stereocenters. The summed E-state index contributed by atoms with van der Waals surface area (Å²) in [5.74, 6) is -0.409. The second-order valence-electron chi connectivity index (χ2n) is 7.70. The van der Waals surface area contributed by atoms with Crippen LogP contribution in [-0.2, 0) is 21.9 Å². The van der Waals surface area contributed by atoms with Crippen molar-refractivity contribution in [3.63, 3.8) is 0 Å². The summed E-state index contributed by atoms with van der Waals surface area (Å²) in [5, 5.41) is 0. The molecule has 0 saturated carbocycles. The summed E-state index contributed by atoms with van der Waals surface area (Å²) in [6.45, 7) is 6.81. The molecule has 1 heterocycles. The van der Waals surface area contributed by atoms with E-state index in [-0.39, 0.29) is 24.4 Å². The normalized spacial score (nSPS) is 19.3. The molecule has 0 bridgehead atoms. The van der Waals surface area contributed by atoms with E-state index in [1.807, 2.05) is 6.92 Å². The van der Waals surface area contributed by atoms with Crippen molar-refractivity contribution in [3.8, 4) is 0 Å². The number of halogens is 6. The number of carbonyl (C=O) groups is 1. The van der Waals surface area contributed by atoms with E-state index >= 15 is 0 Å². The van der Waals surface area contributed by atoms with Gasteiger partial charge in [0.1, 0.15) is 6.61 Å². The Balaban J connectivity index is 2.20. The first-order valence-corrected chi connectivity index (χ1v) is 9.02. The zero-order valence-corrected chi connectivity index (χ0v) is 16.5. The van der Waals surface area contributed by atoms with Crippen LogP contribution in [-0.4, -0.2) is 24.2 Å². The maximum absolute atomic E-state index is 13.1. The SMILES string of the molecule is CC(=O)OC/C=C(\C)CCC1N(c2cc(C(F)(F)F)cc(C(F)(F)F)c2)C1(C)C. The fourth-order valence-corrected chi connectivity index (χ4v) is 3.41. The molecular weight excluding hydrogens is 400 g/mol. The van der Waals surface area contributed by atoms with Gasteiger partial charge in [0.25, 0.3) is 0 Å². The van der Waals surface area contributed by atoms with E-state index in [0.717, 1.165) is 17.7 Å². The first kappa shape index (κ1) is 23.1. The molecule has 0 aromatic heterocycles. The molecule has 1 aliphatic rings. The Labute approximate surface area is 165 Å². The Bertz CT molecular complexity index is 763. The van der Waals surface area contributed by atoms with Crippen LogP contribution in [0.1, 0.15) is 51.7 Å². The standard InChI is InChI=1S/C20H23F6NO2/c1-12(7-8-29-13(2)28)5-6-17-18(3,4)27(17)16-10-14(19(21,22)23)9-15(11-16)20(24,25)26/h7,9-11,17H,5-6,8H2,1-4H3/b12-7+. The molecule has 1 saturated heterocycles. The van der Waals surface area contributed by atoms with Crippen LogP contribution >= 0.6 is 0 Å². The van der Waals surface area contributed by atoms with Gasteiger partial charge in [0.2, 0.25) is 0 Å². The van der Waals surface area contributed by atoms with Crippen LogP contribution < -0.4 is 4.90 Å². The fourth-order valence-electron chi connectivity index (χ4n) is 3.41. The molecule has 0 aliphatic carbocycles. The van der Waals surface area contributed by atoms with Gasteiger partial charge in [-0.15, -0.1) is 0 Å². The first-order valence-electron chi connectivity index (χ1n) is 9.02. The number of carbonyl (C=O) groups excluding carboxylic acids is 1. The van der Waals surface area contributed by atoms with Crippen molar-refractivity contribution < 1.29 is 35.9 Å². The quantitative estimate of drug-likeness (QED) is 0.244. The van der Waals surface area contributed by atoms with Crippen molar-refractivity contribution in [2.75, 3.05) is 11.5 Å². The van der Waals surface area contributed by atoms with Gasteiger partial charge in [-0.2, -0.15) is 26.3 Å². The summed E-state index contributed by atoms with van der Waals surface area (Å²) in [7, 11) is 0. The number of benzene rings is 1. The van der Waals surface area contributed by atoms with E-state index in [1.165, 1.54) is 6.92 Å². The van der Waals surface area contributed by atoms with Gasteiger partial charge in [0.05, 0.1) is 22.7 Å². The lowest BCUT2D eigenvalue weighted by molar-refractivity contribution is -0.143. The number of hydrogen-bond donors (Lipinski definition) is 0. The Hall–Kier alpha value is -2.19. The molecule has 1 aromatic rings. The van der Waals surface area contributed by atoms with Crippen LogP contribution in [0.2, 0.25) is 0 Å². The highest BCUT2D eigenvalue weighted by Crippen LogP contribution is 2.49. The lowest BCUT2D eigenvalue weighted by atomic mass is 10.0. The zero-order chi connectivity index (χ0) is 22.2. The van der Waals surface area contributed by atoms with Crippen LogP contribution in [0, 0.1) is 0 Å². The second-order valence-corrected chi connectivity index (χ2v) is 7.70. The van der Waals surface area contributed by atoms with E-state index in [9.17, 15) is 31.1 Å². The molecule has 1 fully saturated rings. The molecule has 1 aliphatic heterocycles. The largest absolute Gasteiger partial charge is 0.462 e. The fraction of sp³-hybridized carbons (Fsp3) is 0.550. The second kappa shape index (κ2) is 7.91. The molecule has 9 heteroatoms. The first-order chi connectivity index (χ1) is 13.1. The number of esters is 1. The number of nitrogens with zero attached hydrogens (tertiary/aromatic N) is 1. The average molecular weight is 423 g/mol. The van der Waals surface area contributed by atoms with Crippen molar-refractivity contribution in [1.29, 1.82) is 0 Å². The van der Waals surface area contributed by atoms with Gasteiger partial charge < -0.3 is 9.64 Å². The van der Waals surface area contributed by atoms with Gasteiger partial charge in [0, 0.05) is 12.6 Å². The lowest BCUT2D eigenvalue weighted by Gasteiger charge is -2.16. The number of ether oxygens (including phenoxy) is 1. The molecule has 0 amide bonds. The number of hydrogen-bond acceptors (Lipinski definition) is 3.